The Balaban J connectivity index is 0.00000243. The summed E-state index contributed by atoms with van der Waals surface area (Å²) in [5.74, 6) is 2.01. The van der Waals surface area contributed by atoms with Gasteiger partial charge in [-0.25, -0.2) is 0 Å². The summed E-state index contributed by atoms with van der Waals surface area (Å²) in [6.07, 6.45) is 4.96. The molecule has 0 aromatic carbocycles. The van der Waals surface area contributed by atoms with E-state index in [1.165, 1.54) is 0 Å². The van der Waals surface area contributed by atoms with Gasteiger partial charge < -0.3 is 24.3 Å². The molecule has 7 nitrogen and oxygen atoms in total. The third kappa shape index (κ3) is 6.15. The van der Waals surface area contributed by atoms with E-state index >= 15 is 0 Å². The molecule has 1 aromatic heterocycles. The highest BCUT2D eigenvalue weighted by Crippen LogP contribution is 2.12. The molecule has 2 aliphatic heterocycles. The molecule has 1 atom stereocenters. The maximum absolute atomic E-state index is 11.5. The fraction of sp³-hybridized carbons (Fsp3) is 0.667. The molecule has 0 saturated carbocycles. The van der Waals surface area contributed by atoms with Crippen LogP contribution in [0.2, 0.25) is 0 Å². The van der Waals surface area contributed by atoms with Crippen LogP contribution in [0.4, 0.5) is 0 Å². The fourth-order valence-corrected chi connectivity index (χ4v) is 3.23. The lowest BCUT2D eigenvalue weighted by atomic mass is 10.2. The molecular weight excluding hydrogens is 447 g/mol. The zero-order valence-corrected chi connectivity index (χ0v) is 17.7. The number of furan rings is 1. The predicted octanol–water partition coefficient (Wildman–Crippen LogP) is 1.73. The zero-order chi connectivity index (χ0) is 17.5. The zero-order valence-electron chi connectivity index (χ0n) is 15.4. The van der Waals surface area contributed by atoms with Crippen molar-refractivity contribution in [3.8, 4) is 0 Å². The van der Waals surface area contributed by atoms with Gasteiger partial charge in [0.15, 0.2) is 5.96 Å². The highest BCUT2D eigenvalue weighted by molar-refractivity contribution is 14.0. The maximum Gasteiger partial charge on any atom is 0.219 e. The van der Waals surface area contributed by atoms with Crippen LogP contribution in [-0.2, 0) is 16.0 Å². The standard InChI is InChI=1S/C18H28N4O3.HI/c1-15(23)21-8-10-22(11-9-21)18(20-14-17-5-3-13-25-17)19-7-6-16-4-2-12-24-16;/h2,4,12,17H,3,5-11,13-14H2,1H3,(H,19,20);1H. The van der Waals surface area contributed by atoms with Gasteiger partial charge in [-0.1, -0.05) is 0 Å². The highest BCUT2D eigenvalue weighted by atomic mass is 127. The first-order valence-electron chi connectivity index (χ1n) is 9.15. The van der Waals surface area contributed by atoms with Gasteiger partial charge in [0.05, 0.1) is 18.9 Å². The van der Waals surface area contributed by atoms with Crippen molar-refractivity contribution < 1.29 is 13.9 Å². The molecule has 146 valence electrons. The van der Waals surface area contributed by atoms with Crippen LogP contribution in [0.25, 0.3) is 0 Å². The maximum atomic E-state index is 11.5. The second-order valence-electron chi connectivity index (χ2n) is 6.55. The number of rotatable bonds is 5. The Morgan fingerprint density at radius 1 is 1.31 bits per heavy atom. The van der Waals surface area contributed by atoms with Crippen LogP contribution in [0.15, 0.2) is 27.8 Å². The minimum absolute atomic E-state index is 0. The summed E-state index contributed by atoms with van der Waals surface area (Å²) in [6.45, 7) is 7.03. The molecule has 8 heteroatoms. The van der Waals surface area contributed by atoms with E-state index < -0.39 is 0 Å². The monoisotopic (exact) mass is 476 g/mol. The van der Waals surface area contributed by atoms with E-state index in [-0.39, 0.29) is 36.0 Å². The van der Waals surface area contributed by atoms with Crippen molar-refractivity contribution in [2.45, 2.75) is 32.3 Å². The van der Waals surface area contributed by atoms with Crippen LogP contribution in [0.1, 0.15) is 25.5 Å². The molecule has 3 rings (SSSR count). The summed E-state index contributed by atoms with van der Waals surface area (Å²) in [5, 5.41) is 3.45. The van der Waals surface area contributed by atoms with Gasteiger partial charge in [0.1, 0.15) is 5.76 Å². The SMILES string of the molecule is CC(=O)N1CCN(C(=NCC2CCCO2)NCCc2ccco2)CC1.I. The summed E-state index contributed by atoms with van der Waals surface area (Å²) < 4.78 is 11.1. The smallest absolute Gasteiger partial charge is 0.219 e. The lowest BCUT2D eigenvalue weighted by Gasteiger charge is -2.36. The van der Waals surface area contributed by atoms with Crippen molar-refractivity contribution in [1.82, 2.24) is 15.1 Å². The number of guanidine groups is 1. The van der Waals surface area contributed by atoms with Gasteiger partial charge in [0.2, 0.25) is 5.91 Å². The molecule has 0 aliphatic carbocycles. The van der Waals surface area contributed by atoms with E-state index in [1.807, 2.05) is 17.0 Å². The number of nitrogens with zero attached hydrogens (tertiary/aromatic N) is 3. The van der Waals surface area contributed by atoms with Crippen molar-refractivity contribution in [3.63, 3.8) is 0 Å². The summed E-state index contributed by atoms with van der Waals surface area (Å²) in [7, 11) is 0. The Morgan fingerprint density at radius 2 is 2.08 bits per heavy atom. The molecule has 2 fully saturated rings. The van der Waals surface area contributed by atoms with Crippen LogP contribution >= 0.6 is 24.0 Å². The lowest BCUT2D eigenvalue weighted by molar-refractivity contribution is -0.130. The minimum Gasteiger partial charge on any atom is -0.469 e. The van der Waals surface area contributed by atoms with Gasteiger partial charge in [-0.3, -0.25) is 9.79 Å². The number of piperazine rings is 1. The molecule has 3 heterocycles. The third-order valence-electron chi connectivity index (χ3n) is 4.73. The van der Waals surface area contributed by atoms with Gasteiger partial charge in [0.25, 0.3) is 0 Å². The van der Waals surface area contributed by atoms with Crippen LogP contribution in [-0.4, -0.2) is 73.6 Å². The van der Waals surface area contributed by atoms with Gasteiger partial charge in [-0.2, -0.15) is 0 Å². The van der Waals surface area contributed by atoms with E-state index in [9.17, 15) is 4.79 Å². The van der Waals surface area contributed by atoms with Crippen LogP contribution in [0, 0.1) is 0 Å². The van der Waals surface area contributed by atoms with Crippen molar-refractivity contribution >= 4 is 35.8 Å². The third-order valence-corrected chi connectivity index (χ3v) is 4.73. The molecule has 2 saturated heterocycles. The van der Waals surface area contributed by atoms with E-state index in [4.69, 9.17) is 14.1 Å². The number of hydrogen-bond acceptors (Lipinski definition) is 4. The highest BCUT2D eigenvalue weighted by Gasteiger charge is 2.22. The normalized spacial score (nSPS) is 20.8. The number of hydrogen-bond donors (Lipinski definition) is 1. The lowest BCUT2D eigenvalue weighted by Crippen LogP contribution is -2.53. The Bertz CT molecular complexity index is 565. The van der Waals surface area contributed by atoms with E-state index in [2.05, 4.69) is 10.2 Å². The molecular formula is C18H29IN4O3. The average Bonchev–Trinajstić information content (AvgIpc) is 3.32. The van der Waals surface area contributed by atoms with E-state index in [1.54, 1.807) is 13.2 Å². The number of carbonyl (C=O) groups excluding carboxylic acids is 1. The Hall–Kier alpha value is -1.29. The van der Waals surface area contributed by atoms with Gasteiger partial charge in [0, 0.05) is 52.7 Å². The molecule has 0 bridgehead atoms. The number of amides is 1. The first kappa shape index (κ1) is 21.0. The largest absolute Gasteiger partial charge is 0.469 e. The first-order chi connectivity index (χ1) is 12.2. The molecule has 1 N–H and O–H groups in total. The molecule has 2 aliphatic rings. The Labute approximate surface area is 172 Å². The molecule has 0 spiro atoms. The second-order valence-corrected chi connectivity index (χ2v) is 6.55. The summed E-state index contributed by atoms with van der Waals surface area (Å²) in [6, 6.07) is 3.89. The average molecular weight is 476 g/mol. The number of nitrogens with one attached hydrogen (secondary N) is 1. The summed E-state index contributed by atoms with van der Waals surface area (Å²) in [4.78, 5) is 20.4. The molecule has 26 heavy (non-hydrogen) atoms. The Kier molecular flexibility index (Phi) is 8.70. The van der Waals surface area contributed by atoms with Crippen LogP contribution < -0.4 is 5.32 Å². The van der Waals surface area contributed by atoms with Crippen molar-refractivity contribution in [2.75, 3.05) is 45.9 Å². The van der Waals surface area contributed by atoms with E-state index in [0.717, 1.165) is 70.3 Å². The predicted molar refractivity (Wildman–Crippen MR) is 111 cm³/mol. The Morgan fingerprint density at radius 3 is 2.69 bits per heavy atom. The quantitative estimate of drug-likeness (QED) is 0.399. The van der Waals surface area contributed by atoms with Crippen molar-refractivity contribution in [1.29, 1.82) is 0 Å². The van der Waals surface area contributed by atoms with Gasteiger partial charge >= 0.3 is 0 Å². The molecule has 0 radical (unpaired) electrons. The number of halogens is 1. The number of ether oxygens (including phenoxy) is 1. The van der Waals surface area contributed by atoms with Gasteiger partial charge in [-0.05, 0) is 25.0 Å². The van der Waals surface area contributed by atoms with Gasteiger partial charge in [-0.15, -0.1) is 24.0 Å². The molecule has 1 aromatic rings. The molecule has 1 amide bonds. The number of aliphatic imine (C=N–C) groups is 1. The summed E-state index contributed by atoms with van der Waals surface area (Å²) in [5.41, 5.74) is 0. The van der Waals surface area contributed by atoms with Crippen LogP contribution in [0.5, 0.6) is 0 Å². The van der Waals surface area contributed by atoms with Crippen molar-refractivity contribution in [2.24, 2.45) is 4.99 Å². The molecule has 1 unspecified atom stereocenters. The summed E-state index contributed by atoms with van der Waals surface area (Å²) >= 11 is 0. The first-order valence-corrected chi connectivity index (χ1v) is 9.15. The minimum atomic E-state index is 0. The van der Waals surface area contributed by atoms with Crippen molar-refractivity contribution in [3.05, 3.63) is 24.2 Å². The topological polar surface area (TPSA) is 70.3 Å². The second kappa shape index (κ2) is 10.8. The number of carbonyl (C=O) groups is 1. The fourth-order valence-electron chi connectivity index (χ4n) is 3.23. The van der Waals surface area contributed by atoms with E-state index in [0.29, 0.717) is 6.54 Å². The van der Waals surface area contributed by atoms with Crippen LogP contribution in [0.3, 0.4) is 0 Å².